The van der Waals surface area contributed by atoms with E-state index in [4.69, 9.17) is 5.11 Å². The van der Waals surface area contributed by atoms with Gasteiger partial charge in [0.25, 0.3) is 0 Å². The molecule has 1 aromatic heterocycles. The molecular weight excluding hydrogens is 210 g/mol. The molecule has 0 saturated carbocycles. The van der Waals surface area contributed by atoms with Crippen molar-refractivity contribution in [3.8, 4) is 0 Å². The van der Waals surface area contributed by atoms with Gasteiger partial charge in [-0.05, 0) is 24.3 Å². The summed E-state index contributed by atoms with van der Waals surface area (Å²) in [4.78, 5) is 22.1. The van der Waals surface area contributed by atoms with Crippen LogP contribution in [0, 0.1) is 0 Å². The van der Waals surface area contributed by atoms with Crippen LogP contribution in [-0.2, 0) is 4.74 Å². The first kappa shape index (κ1) is 10.2. The number of fused-ring (bicyclic) bond motifs is 1. The van der Waals surface area contributed by atoms with Gasteiger partial charge >= 0.3 is 12.1 Å². The number of aromatic nitrogens is 1. The second kappa shape index (κ2) is 3.69. The number of hydrogen-bond donors (Lipinski definition) is 1. The lowest BCUT2D eigenvalue weighted by atomic mass is 10.1. The van der Waals surface area contributed by atoms with Crippen LogP contribution in [0.5, 0.6) is 0 Å². The number of methoxy groups -OCH3 is 1. The molecule has 5 nitrogen and oxygen atoms in total. The lowest BCUT2D eigenvalue weighted by Gasteiger charge is -2.00. The van der Waals surface area contributed by atoms with E-state index in [1.165, 1.54) is 19.4 Å². The molecule has 0 radical (unpaired) electrons. The van der Waals surface area contributed by atoms with Crippen LogP contribution in [0.15, 0.2) is 30.5 Å². The first-order valence-corrected chi connectivity index (χ1v) is 4.56. The Balaban J connectivity index is 2.57. The van der Waals surface area contributed by atoms with E-state index in [1.807, 2.05) is 0 Å². The molecule has 0 spiro atoms. The zero-order valence-electron chi connectivity index (χ0n) is 8.51. The minimum absolute atomic E-state index is 0.401. The summed E-state index contributed by atoms with van der Waals surface area (Å²) in [5.41, 5.74) is 0.943. The van der Waals surface area contributed by atoms with E-state index in [2.05, 4.69) is 4.74 Å². The van der Waals surface area contributed by atoms with Crippen molar-refractivity contribution in [2.75, 3.05) is 7.11 Å². The predicted molar refractivity (Wildman–Crippen MR) is 56.7 cm³/mol. The summed E-state index contributed by atoms with van der Waals surface area (Å²) in [6, 6.07) is 6.35. The van der Waals surface area contributed by atoms with Crippen LogP contribution < -0.4 is 0 Å². The van der Waals surface area contributed by atoms with Crippen LogP contribution in [0.2, 0.25) is 0 Å². The Labute approximate surface area is 90.9 Å². The van der Waals surface area contributed by atoms with Gasteiger partial charge in [0, 0.05) is 11.6 Å². The molecule has 16 heavy (non-hydrogen) atoms. The SMILES string of the molecule is COC(=O)c1ccc2c(ccn2C(=O)O)c1. The lowest BCUT2D eigenvalue weighted by molar-refractivity contribution is 0.0601. The van der Waals surface area contributed by atoms with E-state index >= 15 is 0 Å². The van der Waals surface area contributed by atoms with Gasteiger partial charge in [0.05, 0.1) is 18.2 Å². The van der Waals surface area contributed by atoms with E-state index in [1.54, 1.807) is 18.2 Å². The topological polar surface area (TPSA) is 68.5 Å². The molecule has 0 aliphatic rings. The van der Waals surface area contributed by atoms with E-state index in [0.717, 1.165) is 4.57 Å². The van der Waals surface area contributed by atoms with E-state index < -0.39 is 12.1 Å². The number of carbonyl (C=O) groups is 2. The number of rotatable bonds is 1. The summed E-state index contributed by atoms with van der Waals surface area (Å²) >= 11 is 0. The summed E-state index contributed by atoms with van der Waals surface area (Å²) in [6.45, 7) is 0. The minimum atomic E-state index is -1.05. The van der Waals surface area contributed by atoms with Gasteiger partial charge in [-0.15, -0.1) is 0 Å². The largest absolute Gasteiger partial charge is 0.465 e. The van der Waals surface area contributed by atoms with Crippen molar-refractivity contribution in [3.05, 3.63) is 36.0 Å². The van der Waals surface area contributed by atoms with Crippen molar-refractivity contribution in [2.45, 2.75) is 0 Å². The van der Waals surface area contributed by atoms with Crippen molar-refractivity contribution in [3.63, 3.8) is 0 Å². The van der Waals surface area contributed by atoms with Gasteiger partial charge in [-0.2, -0.15) is 0 Å². The molecular formula is C11H9NO4. The molecule has 0 fully saturated rings. The predicted octanol–water partition coefficient (Wildman–Crippen LogP) is 1.95. The van der Waals surface area contributed by atoms with Crippen molar-refractivity contribution in [2.24, 2.45) is 0 Å². The van der Waals surface area contributed by atoms with E-state index in [9.17, 15) is 9.59 Å². The number of ether oxygens (including phenoxy) is 1. The van der Waals surface area contributed by atoms with Crippen LogP contribution >= 0.6 is 0 Å². The molecule has 0 aliphatic heterocycles. The van der Waals surface area contributed by atoms with E-state index in [0.29, 0.717) is 16.5 Å². The maximum absolute atomic E-state index is 11.3. The highest BCUT2D eigenvalue weighted by Crippen LogP contribution is 2.18. The lowest BCUT2D eigenvalue weighted by Crippen LogP contribution is -2.06. The summed E-state index contributed by atoms with van der Waals surface area (Å²) in [7, 11) is 1.30. The fraction of sp³-hybridized carbons (Fsp3) is 0.0909. The average Bonchev–Trinajstić information content (AvgIpc) is 2.70. The number of carboxylic acid groups (broad SMARTS) is 1. The molecule has 1 heterocycles. The van der Waals surface area contributed by atoms with Gasteiger partial charge in [-0.3, -0.25) is 4.57 Å². The maximum atomic E-state index is 11.3. The highest BCUT2D eigenvalue weighted by Gasteiger charge is 2.10. The molecule has 82 valence electrons. The van der Waals surface area contributed by atoms with Gasteiger partial charge in [0.2, 0.25) is 0 Å². The molecule has 1 aromatic carbocycles. The highest BCUT2D eigenvalue weighted by atomic mass is 16.5. The van der Waals surface area contributed by atoms with Gasteiger partial charge in [0.1, 0.15) is 0 Å². The Bertz CT molecular complexity index is 570. The second-order valence-corrected chi connectivity index (χ2v) is 3.23. The summed E-state index contributed by atoms with van der Waals surface area (Å²) < 4.78 is 5.67. The molecule has 2 aromatic rings. The quantitative estimate of drug-likeness (QED) is 0.744. The number of hydrogen-bond acceptors (Lipinski definition) is 3. The van der Waals surface area contributed by atoms with Gasteiger partial charge in [-0.25, -0.2) is 9.59 Å². The molecule has 0 atom stereocenters. The number of benzene rings is 1. The zero-order valence-corrected chi connectivity index (χ0v) is 8.51. The van der Waals surface area contributed by atoms with Crippen molar-refractivity contribution < 1.29 is 19.4 Å². The number of nitrogens with zero attached hydrogens (tertiary/aromatic N) is 1. The smallest absolute Gasteiger partial charge is 0.415 e. The molecule has 1 N–H and O–H groups in total. The van der Waals surface area contributed by atoms with Crippen LogP contribution in [0.3, 0.4) is 0 Å². The third-order valence-corrected chi connectivity index (χ3v) is 2.32. The monoisotopic (exact) mass is 219 g/mol. The van der Waals surface area contributed by atoms with Crippen molar-refractivity contribution in [1.82, 2.24) is 4.57 Å². The number of carbonyl (C=O) groups excluding carboxylic acids is 1. The van der Waals surface area contributed by atoms with Crippen LogP contribution in [0.4, 0.5) is 4.79 Å². The second-order valence-electron chi connectivity index (χ2n) is 3.23. The highest BCUT2D eigenvalue weighted by molar-refractivity contribution is 5.96. The van der Waals surface area contributed by atoms with Crippen LogP contribution in [-0.4, -0.2) is 28.8 Å². The van der Waals surface area contributed by atoms with Crippen molar-refractivity contribution >= 4 is 23.0 Å². The Hall–Kier alpha value is -2.30. The number of esters is 1. The molecule has 2 rings (SSSR count). The van der Waals surface area contributed by atoms with Crippen molar-refractivity contribution in [1.29, 1.82) is 0 Å². The summed E-state index contributed by atoms with van der Waals surface area (Å²) in [5.74, 6) is -0.440. The van der Waals surface area contributed by atoms with Gasteiger partial charge in [0.15, 0.2) is 0 Å². The molecule has 0 bridgehead atoms. The van der Waals surface area contributed by atoms with Gasteiger partial charge in [-0.1, -0.05) is 0 Å². The summed E-state index contributed by atoms with van der Waals surface area (Å²) in [5, 5.41) is 9.55. The third-order valence-electron chi connectivity index (χ3n) is 2.32. The Morgan fingerprint density at radius 1 is 1.31 bits per heavy atom. The standard InChI is InChI=1S/C11H9NO4/c1-16-10(13)8-2-3-9-7(6-8)4-5-12(9)11(14)15/h2-6H,1H3,(H,14,15). The Morgan fingerprint density at radius 3 is 2.69 bits per heavy atom. The Kier molecular flexibility index (Phi) is 2.36. The molecule has 0 amide bonds. The first-order chi connectivity index (χ1) is 7.63. The first-order valence-electron chi connectivity index (χ1n) is 4.56. The van der Waals surface area contributed by atoms with Crippen LogP contribution in [0.1, 0.15) is 10.4 Å². The minimum Gasteiger partial charge on any atom is -0.465 e. The normalized spacial score (nSPS) is 10.3. The van der Waals surface area contributed by atoms with Gasteiger partial charge < -0.3 is 9.84 Å². The molecule has 0 saturated heterocycles. The fourth-order valence-corrected chi connectivity index (χ4v) is 1.55. The zero-order chi connectivity index (χ0) is 11.7. The van der Waals surface area contributed by atoms with E-state index in [-0.39, 0.29) is 0 Å². The molecule has 0 aliphatic carbocycles. The molecule has 0 unspecified atom stereocenters. The maximum Gasteiger partial charge on any atom is 0.415 e. The third kappa shape index (κ3) is 1.52. The van der Waals surface area contributed by atoms with Crippen LogP contribution in [0.25, 0.3) is 10.9 Å². The fourth-order valence-electron chi connectivity index (χ4n) is 1.55. The summed E-state index contributed by atoms with van der Waals surface area (Å²) in [6.07, 6.45) is 0.384. The Morgan fingerprint density at radius 2 is 2.06 bits per heavy atom. The molecule has 5 heteroatoms. The average molecular weight is 219 g/mol.